The molecule has 5 N–H and O–H groups in total. The number of carboxylic acids is 1. The summed E-state index contributed by atoms with van der Waals surface area (Å²) in [5.41, 5.74) is 6.29. The standard InChI is InChI=1S/C11H15N5O4/c1-5(15-11(12)20)9(17)16-3-7-6(13-4-14-7)2-8(16)10(18)19/h4-5,8H,2-3H2,1H3,(H,13,14)(H,18,19)(H3,12,15,20). The third kappa shape index (κ3) is 2.56. The molecule has 1 aliphatic heterocycles. The van der Waals surface area contributed by atoms with Crippen molar-refractivity contribution >= 4 is 17.9 Å². The van der Waals surface area contributed by atoms with Crippen LogP contribution in [-0.4, -0.2) is 50.0 Å². The summed E-state index contributed by atoms with van der Waals surface area (Å²) in [5, 5.41) is 11.5. The quantitative estimate of drug-likeness (QED) is 0.551. The molecule has 0 aromatic carbocycles. The number of nitrogens with two attached hydrogens (primary N) is 1. The van der Waals surface area contributed by atoms with Gasteiger partial charge in [0.2, 0.25) is 5.91 Å². The molecule has 0 aliphatic carbocycles. The molecule has 2 rings (SSSR count). The Balaban J connectivity index is 2.22. The molecular weight excluding hydrogens is 266 g/mol. The van der Waals surface area contributed by atoms with Gasteiger partial charge in [-0.3, -0.25) is 4.79 Å². The van der Waals surface area contributed by atoms with Crippen LogP contribution in [0, 0.1) is 0 Å². The van der Waals surface area contributed by atoms with Crippen LogP contribution < -0.4 is 11.1 Å². The first kappa shape index (κ1) is 13.8. The summed E-state index contributed by atoms with van der Waals surface area (Å²) in [6.07, 6.45) is 1.59. The van der Waals surface area contributed by atoms with Gasteiger partial charge in [0, 0.05) is 6.42 Å². The first-order valence-electron chi connectivity index (χ1n) is 6.00. The van der Waals surface area contributed by atoms with Crippen LogP contribution in [0.5, 0.6) is 0 Å². The van der Waals surface area contributed by atoms with Gasteiger partial charge in [0.05, 0.1) is 24.3 Å². The lowest BCUT2D eigenvalue weighted by molar-refractivity contribution is -0.152. The number of aromatic nitrogens is 2. The van der Waals surface area contributed by atoms with Crippen LogP contribution >= 0.6 is 0 Å². The zero-order valence-corrected chi connectivity index (χ0v) is 10.8. The molecule has 0 bridgehead atoms. The maximum absolute atomic E-state index is 12.2. The molecule has 0 radical (unpaired) electrons. The molecule has 9 heteroatoms. The van der Waals surface area contributed by atoms with Gasteiger partial charge in [-0.05, 0) is 6.92 Å². The summed E-state index contributed by atoms with van der Waals surface area (Å²) in [6, 6.07) is -2.73. The lowest BCUT2D eigenvalue weighted by atomic mass is 10.0. The normalized spacial score (nSPS) is 19.1. The van der Waals surface area contributed by atoms with Gasteiger partial charge >= 0.3 is 12.0 Å². The van der Waals surface area contributed by atoms with Gasteiger partial charge in [-0.2, -0.15) is 0 Å². The Kier molecular flexibility index (Phi) is 3.59. The van der Waals surface area contributed by atoms with Crippen molar-refractivity contribution in [2.24, 2.45) is 5.73 Å². The van der Waals surface area contributed by atoms with Crippen LogP contribution in [0.25, 0.3) is 0 Å². The Labute approximate surface area is 114 Å². The molecule has 1 aliphatic rings. The van der Waals surface area contributed by atoms with E-state index < -0.39 is 30.0 Å². The van der Waals surface area contributed by atoms with E-state index in [1.54, 1.807) is 0 Å². The fourth-order valence-corrected chi connectivity index (χ4v) is 2.21. The highest BCUT2D eigenvalue weighted by atomic mass is 16.4. The van der Waals surface area contributed by atoms with Gasteiger partial charge in [-0.25, -0.2) is 14.6 Å². The van der Waals surface area contributed by atoms with Crippen molar-refractivity contribution in [3.63, 3.8) is 0 Å². The van der Waals surface area contributed by atoms with Crippen LogP contribution in [0.15, 0.2) is 6.33 Å². The zero-order valence-electron chi connectivity index (χ0n) is 10.8. The van der Waals surface area contributed by atoms with E-state index in [0.29, 0.717) is 11.4 Å². The van der Waals surface area contributed by atoms with E-state index in [0.717, 1.165) is 0 Å². The first-order valence-corrected chi connectivity index (χ1v) is 6.00. The number of aliphatic carboxylic acids is 1. The van der Waals surface area contributed by atoms with Gasteiger partial charge in [0.1, 0.15) is 12.1 Å². The number of imidazole rings is 1. The van der Waals surface area contributed by atoms with Gasteiger partial charge in [-0.15, -0.1) is 0 Å². The highest BCUT2D eigenvalue weighted by Crippen LogP contribution is 2.21. The fourth-order valence-electron chi connectivity index (χ4n) is 2.21. The number of rotatable bonds is 3. The van der Waals surface area contributed by atoms with E-state index in [-0.39, 0.29) is 13.0 Å². The number of hydrogen-bond acceptors (Lipinski definition) is 4. The Bertz CT molecular complexity index is 555. The van der Waals surface area contributed by atoms with E-state index in [9.17, 15) is 19.5 Å². The summed E-state index contributed by atoms with van der Waals surface area (Å²) < 4.78 is 0. The van der Waals surface area contributed by atoms with Gasteiger partial charge in [-0.1, -0.05) is 0 Å². The van der Waals surface area contributed by atoms with Crippen LogP contribution in [0.4, 0.5) is 4.79 Å². The Morgan fingerprint density at radius 1 is 1.60 bits per heavy atom. The molecule has 0 saturated heterocycles. The zero-order chi connectivity index (χ0) is 14.9. The molecule has 3 amide bonds. The molecule has 2 unspecified atom stereocenters. The van der Waals surface area contributed by atoms with Gasteiger partial charge < -0.3 is 26.0 Å². The highest BCUT2D eigenvalue weighted by molar-refractivity contribution is 5.89. The van der Waals surface area contributed by atoms with Crippen molar-refractivity contribution < 1.29 is 19.5 Å². The average Bonchev–Trinajstić information content (AvgIpc) is 2.82. The summed E-state index contributed by atoms with van der Waals surface area (Å²) in [5.74, 6) is -1.62. The topological polar surface area (TPSA) is 141 Å². The van der Waals surface area contributed by atoms with Crippen molar-refractivity contribution in [3.05, 3.63) is 17.7 Å². The first-order chi connectivity index (χ1) is 9.40. The minimum atomic E-state index is -1.11. The number of carbonyl (C=O) groups is 3. The third-order valence-electron chi connectivity index (χ3n) is 3.20. The van der Waals surface area contributed by atoms with Crippen molar-refractivity contribution in [1.29, 1.82) is 0 Å². The predicted octanol–water partition coefficient (Wildman–Crippen LogP) is -1.20. The van der Waals surface area contributed by atoms with E-state index in [1.165, 1.54) is 18.2 Å². The Morgan fingerprint density at radius 2 is 2.30 bits per heavy atom. The van der Waals surface area contributed by atoms with Crippen molar-refractivity contribution in [1.82, 2.24) is 20.2 Å². The van der Waals surface area contributed by atoms with E-state index in [4.69, 9.17) is 5.73 Å². The number of nitrogens with one attached hydrogen (secondary N) is 2. The van der Waals surface area contributed by atoms with Gasteiger partial charge in [0.15, 0.2) is 0 Å². The number of urea groups is 1. The SMILES string of the molecule is CC(NC(N)=O)C(=O)N1Cc2[nH]cnc2CC1C(=O)O. The minimum absolute atomic E-state index is 0.107. The number of primary amides is 1. The summed E-state index contributed by atoms with van der Waals surface area (Å²) in [6.45, 7) is 1.56. The maximum Gasteiger partial charge on any atom is 0.326 e. The molecule has 1 aromatic rings. The van der Waals surface area contributed by atoms with Crippen LogP contribution in [0.2, 0.25) is 0 Å². The largest absolute Gasteiger partial charge is 0.480 e. The molecule has 9 nitrogen and oxygen atoms in total. The predicted molar refractivity (Wildman–Crippen MR) is 66.4 cm³/mol. The minimum Gasteiger partial charge on any atom is -0.480 e. The molecule has 1 aromatic heterocycles. The lowest BCUT2D eigenvalue weighted by Gasteiger charge is -2.34. The van der Waals surface area contributed by atoms with Crippen molar-refractivity contribution in [2.45, 2.75) is 32.0 Å². The number of aromatic amines is 1. The number of H-pyrrole nitrogens is 1. The second-order valence-electron chi connectivity index (χ2n) is 4.58. The molecule has 20 heavy (non-hydrogen) atoms. The Morgan fingerprint density at radius 3 is 2.90 bits per heavy atom. The van der Waals surface area contributed by atoms with Gasteiger partial charge in [0.25, 0.3) is 0 Å². The smallest absolute Gasteiger partial charge is 0.326 e. The van der Waals surface area contributed by atoms with Crippen LogP contribution in [0.3, 0.4) is 0 Å². The average molecular weight is 281 g/mol. The molecular formula is C11H15N5O4. The van der Waals surface area contributed by atoms with Crippen LogP contribution in [0.1, 0.15) is 18.3 Å². The highest BCUT2D eigenvalue weighted by Gasteiger charge is 2.37. The van der Waals surface area contributed by atoms with E-state index in [2.05, 4.69) is 15.3 Å². The second kappa shape index (κ2) is 5.19. The molecule has 108 valence electrons. The number of nitrogens with zero attached hydrogens (tertiary/aromatic N) is 2. The third-order valence-corrected chi connectivity index (χ3v) is 3.20. The fraction of sp³-hybridized carbons (Fsp3) is 0.455. The number of hydrogen-bond donors (Lipinski definition) is 4. The number of carbonyl (C=O) groups excluding carboxylic acids is 2. The summed E-state index contributed by atoms with van der Waals surface area (Å²) >= 11 is 0. The second-order valence-corrected chi connectivity index (χ2v) is 4.58. The molecule has 2 heterocycles. The number of carboxylic acid groups (broad SMARTS) is 1. The molecule has 0 spiro atoms. The molecule has 2 atom stereocenters. The van der Waals surface area contributed by atoms with Crippen molar-refractivity contribution in [3.8, 4) is 0 Å². The summed E-state index contributed by atoms with van der Waals surface area (Å²) in [7, 11) is 0. The van der Waals surface area contributed by atoms with E-state index >= 15 is 0 Å². The Hall–Kier alpha value is -2.58. The van der Waals surface area contributed by atoms with Crippen LogP contribution in [-0.2, 0) is 22.6 Å². The summed E-state index contributed by atoms with van der Waals surface area (Å²) in [4.78, 5) is 42.4. The van der Waals surface area contributed by atoms with Crippen molar-refractivity contribution in [2.75, 3.05) is 0 Å². The lowest BCUT2D eigenvalue weighted by Crippen LogP contribution is -2.55. The number of amides is 3. The molecule has 0 saturated carbocycles. The van der Waals surface area contributed by atoms with E-state index in [1.807, 2.05) is 0 Å². The maximum atomic E-state index is 12.2. The monoisotopic (exact) mass is 281 g/mol. The number of fused-ring (bicyclic) bond motifs is 1. The molecule has 0 fully saturated rings.